The first-order chi connectivity index (χ1) is 16.5. The number of benzene rings is 1. The highest BCUT2D eigenvalue weighted by Crippen LogP contribution is 2.32. The molecule has 1 unspecified atom stereocenters. The van der Waals surface area contributed by atoms with E-state index in [1.807, 2.05) is 0 Å². The number of alkyl carbamates (subject to hydrolysis) is 1. The second-order valence-electron chi connectivity index (χ2n) is 9.83. The van der Waals surface area contributed by atoms with Crippen LogP contribution >= 0.6 is 50.7 Å². The van der Waals surface area contributed by atoms with Crippen LogP contribution in [0.5, 0.6) is 5.75 Å². The number of aromatic nitrogens is 1. The van der Waals surface area contributed by atoms with Gasteiger partial charge in [-0.2, -0.15) is 0 Å². The minimum Gasteiger partial charge on any atom is -0.487 e. The first-order valence-corrected chi connectivity index (χ1v) is 12.9. The molecule has 2 aromatic rings. The fourth-order valence-corrected chi connectivity index (χ4v) is 3.74. The van der Waals surface area contributed by atoms with Gasteiger partial charge in [-0.3, -0.25) is 5.32 Å². The van der Waals surface area contributed by atoms with Gasteiger partial charge < -0.3 is 19.5 Å². The molecule has 2 amide bonds. The van der Waals surface area contributed by atoms with Gasteiger partial charge in [0.15, 0.2) is 11.6 Å². The lowest BCUT2D eigenvalue weighted by atomic mass is 10.1. The van der Waals surface area contributed by atoms with E-state index in [0.717, 1.165) is 5.56 Å². The second kappa shape index (κ2) is 12.5. The van der Waals surface area contributed by atoms with Crippen LogP contribution in [0.25, 0.3) is 0 Å². The first-order valence-electron chi connectivity index (χ1n) is 10.9. The summed E-state index contributed by atoms with van der Waals surface area (Å²) in [6.07, 6.45) is -1.04. The highest BCUT2D eigenvalue weighted by molar-refractivity contribution is 9.10. The van der Waals surface area contributed by atoms with Crippen molar-refractivity contribution in [2.75, 3.05) is 11.9 Å². The van der Waals surface area contributed by atoms with Crippen LogP contribution in [0.15, 0.2) is 28.7 Å². The zero-order valence-corrected chi connectivity index (χ0v) is 24.7. The predicted octanol–water partition coefficient (Wildman–Crippen LogP) is 7.67. The fourth-order valence-electron chi connectivity index (χ4n) is 2.82. The molecular weight excluding hydrogens is 597 g/mol. The maximum atomic E-state index is 12.5. The van der Waals surface area contributed by atoms with Crippen molar-refractivity contribution >= 4 is 68.7 Å². The number of rotatable bonds is 7. The number of carbonyl (C=O) groups excluding carboxylic acids is 2. The average Bonchev–Trinajstić information content (AvgIpc) is 2.68. The number of nitrogens with one attached hydrogen (secondary N) is 2. The maximum absolute atomic E-state index is 12.5. The Kier molecular flexibility index (Phi) is 10.5. The lowest BCUT2D eigenvalue weighted by Crippen LogP contribution is -2.43. The summed E-state index contributed by atoms with van der Waals surface area (Å²) in [5.74, 6) is 0.258. The highest BCUT2D eigenvalue weighted by atomic mass is 79.9. The van der Waals surface area contributed by atoms with Gasteiger partial charge in [0, 0.05) is 16.1 Å². The number of ether oxygens (including phenoxy) is 3. The van der Waals surface area contributed by atoms with Crippen LogP contribution < -0.4 is 15.4 Å². The van der Waals surface area contributed by atoms with Crippen molar-refractivity contribution in [3.63, 3.8) is 0 Å². The molecule has 0 fully saturated rings. The molecule has 2 N–H and O–H groups in total. The van der Waals surface area contributed by atoms with Crippen LogP contribution in [-0.2, 0) is 15.9 Å². The molecule has 0 aliphatic heterocycles. The van der Waals surface area contributed by atoms with Crippen LogP contribution in [0.4, 0.5) is 15.4 Å². The van der Waals surface area contributed by atoms with Crippen molar-refractivity contribution in [2.45, 2.75) is 65.2 Å². The van der Waals surface area contributed by atoms with E-state index >= 15 is 0 Å². The molecule has 0 saturated carbocycles. The zero-order chi connectivity index (χ0) is 27.3. The molecule has 8 nitrogen and oxygen atoms in total. The van der Waals surface area contributed by atoms with Gasteiger partial charge in [0.2, 0.25) is 0 Å². The van der Waals surface area contributed by atoms with Crippen LogP contribution in [0.1, 0.15) is 47.1 Å². The average molecular weight is 626 g/mol. The van der Waals surface area contributed by atoms with E-state index in [0.29, 0.717) is 20.9 Å². The van der Waals surface area contributed by atoms with Crippen LogP contribution in [0, 0.1) is 0 Å². The summed E-state index contributed by atoms with van der Waals surface area (Å²) in [6, 6.07) is 6.08. The predicted molar refractivity (Wildman–Crippen MR) is 146 cm³/mol. The SMILES string of the molecule is CC(C)(C)OC(=O)Nc1nc(Cl)c(Br)cc1OCC(Cc1ccc(Cl)cc1Cl)NC(=O)OC(C)(C)C. The molecule has 0 bridgehead atoms. The van der Waals surface area contributed by atoms with Gasteiger partial charge in [-0.05, 0) is 81.6 Å². The smallest absolute Gasteiger partial charge is 0.413 e. The third-order valence-electron chi connectivity index (χ3n) is 4.16. The molecule has 1 aromatic heterocycles. The Morgan fingerprint density at radius 1 is 1.00 bits per heavy atom. The Balaban J connectivity index is 2.27. The minimum absolute atomic E-state index is 0.0169. The lowest BCUT2D eigenvalue weighted by Gasteiger charge is -2.25. The summed E-state index contributed by atoms with van der Waals surface area (Å²) in [6.45, 7) is 10.5. The topological polar surface area (TPSA) is 98.8 Å². The Hall–Kier alpha value is -1.94. The molecule has 36 heavy (non-hydrogen) atoms. The molecule has 12 heteroatoms. The summed E-state index contributed by atoms with van der Waals surface area (Å²) < 4.78 is 17.1. The molecule has 0 saturated heterocycles. The Labute approximate surface area is 234 Å². The summed E-state index contributed by atoms with van der Waals surface area (Å²) in [5, 5.41) is 6.40. The maximum Gasteiger partial charge on any atom is 0.413 e. The van der Waals surface area contributed by atoms with Crippen LogP contribution in [0.3, 0.4) is 0 Å². The van der Waals surface area contributed by atoms with Gasteiger partial charge in [-0.25, -0.2) is 14.6 Å². The molecule has 0 spiro atoms. The van der Waals surface area contributed by atoms with Gasteiger partial charge in [-0.1, -0.05) is 40.9 Å². The van der Waals surface area contributed by atoms with Gasteiger partial charge in [-0.15, -0.1) is 0 Å². The molecule has 1 heterocycles. The summed E-state index contributed by atoms with van der Waals surface area (Å²) in [7, 11) is 0. The Bertz CT molecular complexity index is 1100. The van der Waals surface area contributed by atoms with E-state index in [9.17, 15) is 9.59 Å². The van der Waals surface area contributed by atoms with E-state index in [2.05, 4.69) is 31.5 Å². The summed E-state index contributed by atoms with van der Waals surface area (Å²) in [4.78, 5) is 29.0. The van der Waals surface area contributed by atoms with Gasteiger partial charge in [0.05, 0.1) is 10.5 Å². The van der Waals surface area contributed by atoms with E-state index in [4.69, 9.17) is 49.0 Å². The largest absolute Gasteiger partial charge is 0.487 e. The highest BCUT2D eigenvalue weighted by Gasteiger charge is 2.23. The second-order valence-corrected chi connectivity index (χ2v) is 11.9. The normalized spacial score (nSPS) is 12.5. The minimum atomic E-state index is -0.727. The van der Waals surface area contributed by atoms with Crippen molar-refractivity contribution in [1.82, 2.24) is 10.3 Å². The zero-order valence-electron chi connectivity index (χ0n) is 20.8. The van der Waals surface area contributed by atoms with Crippen molar-refractivity contribution in [3.8, 4) is 5.75 Å². The van der Waals surface area contributed by atoms with Crippen molar-refractivity contribution in [2.24, 2.45) is 0 Å². The lowest BCUT2D eigenvalue weighted by molar-refractivity contribution is 0.0487. The third kappa shape index (κ3) is 10.6. The quantitative estimate of drug-likeness (QED) is 0.307. The molecule has 1 aromatic carbocycles. The first kappa shape index (κ1) is 30.3. The standard InChI is InChI=1S/C24H29BrCl3N3O5/c1-23(2,3)35-21(32)29-15(9-13-7-8-14(26)10-17(13)27)12-34-18-11-16(25)19(28)30-20(18)31-22(33)36-24(4,5)6/h7-8,10-11,15H,9,12H2,1-6H3,(H,29,32)(H,30,31,33). The van der Waals surface area contributed by atoms with Crippen molar-refractivity contribution in [3.05, 3.63) is 49.5 Å². The van der Waals surface area contributed by atoms with E-state index in [-0.39, 0.29) is 23.3 Å². The molecule has 0 aliphatic carbocycles. The summed E-state index contributed by atoms with van der Waals surface area (Å²) >= 11 is 21.8. The number of amides is 2. The number of anilines is 1. The van der Waals surface area contributed by atoms with Gasteiger partial charge in [0.1, 0.15) is 23.0 Å². The van der Waals surface area contributed by atoms with E-state index in [1.54, 1.807) is 65.8 Å². The number of carbonyl (C=O) groups is 2. The molecule has 198 valence electrons. The number of hydrogen-bond donors (Lipinski definition) is 2. The Morgan fingerprint density at radius 2 is 1.61 bits per heavy atom. The van der Waals surface area contributed by atoms with Gasteiger partial charge in [0.25, 0.3) is 0 Å². The fraction of sp³-hybridized carbons (Fsp3) is 0.458. The van der Waals surface area contributed by atoms with Crippen molar-refractivity contribution < 1.29 is 23.8 Å². The van der Waals surface area contributed by atoms with Gasteiger partial charge >= 0.3 is 12.2 Å². The third-order valence-corrected chi connectivity index (χ3v) is 5.87. The van der Waals surface area contributed by atoms with E-state index < -0.39 is 29.4 Å². The molecule has 0 radical (unpaired) electrons. The van der Waals surface area contributed by atoms with Crippen LogP contribution in [-0.4, -0.2) is 41.0 Å². The summed E-state index contributed by atoms with van der Waals surface area (Å²) in [5.41, 5.74) is -0.666. The monoisotopic (exact) mass is 623 g/mol. The number of pyridine rings is 1. The van der Waals surface area contributed by atoms with Crippen molar-refractivity contribution in [1.29, 1.82) is 0 Å². The molecule has 0 aliphatic rings. The molecular formula is C24H29BrCl3N3O5. The molecule has 1 atom stereocenters. The molecule has 2 rings (SSSR count). The number of hydrogen-bond acceptors (Lipinski definition) is 6. The number of halogens is 4. The van der Waals surface area contributed by atoms with Crippen LogP contribution in [0.2, 0.25) is 15.2 Å². The van der Waals surface area contributed by atoms with E-state index in [1.165, 1.54) is 0 Å². The number of nitrogens with zero attached hydrogens (tertiary/aromatic N) is 1. The Morgan fingerprint density at radius 3 is 2.19 bits per heavy atom.